The second-order valence-corrected chi connectivity index (χ2v) is 5.36. The van der Waals surface area contributed by atoms with Gasteiger partial charge >= 0.3 is 0 Å². The average Bonchev–Trinajstić information content (AvgIpc) is 2.92. The molecule has 7 heteroatoms. The molecular weight excluding hydrogens is 272 g/mol. The number of anilines is 1. The second-order valence-electron chi connectivity index (χ2n) is 5.36. The highest BCUT2D eigenvalue weighted by Gasteiger charge is 2.20. The topological polar surface area (TPSA) is 67.7 Å². The monoisotopic (exact) mass is 292 g/mol. The van der Waals surface area contributed by atoms with E-state index in [1.807, 2.05) is 0 Å². The van der Waals surface area contributed by atoms with Gasteiger partial charge in [0.05, 0.1) is 31.6 Å². The average molecular weight is 292 g/mol. The Kier molecular flexibility index (Phi) is 4.19. The zero-order valence-corrected chi connectivity index (χ0v) is 12.0. The Balaban J connectivity index is 1.64. The number of morpholine rings is 1. The Bertz CT molecular complexity index is 566. The van der Waals surface area contributed by atoms with Crippen LogP contribution in [-0.2, 0) is 16.1 Å². The summed E-state index contributed by atoms with van der Waals surface area (Å²) in [5.41, 5.74) is 0.724. The number of carbonyl (C=O) groups excluding carboxylic acids is 1. The van der Waals surface area contributed by atoms with E-state index in [0.717, 1.165) is 31.7 Å². The molecule has 1 aromatic rings. The zero-order valence-electron chi connectivity index (χ0n) is 12.0. The summed E-state index contributed by atoms with van der Waals surface area (Å²) in [6.45, 7) is 4.73. The number of hydrogen-bond donors (Lipinski definition) is 0. The van der Waals surface area contributed by atoms with E-state index >= 15 is 0 Å². The molecule has 2 aliphatic rings. The maximum Gasteiger partial charge on any atom is 0.268 e. The molecule has 2 fully saturated rings. The van der Waals surface area contributed by atoms with Crippen molar-refractivity contribution in [1.29, 1.82) is 0 Å². The molecule has 2 saturated heterocycles. The lowest BCUT2D eigenvalue weighted by Gasteiger charge is -2.28. The van der Waals surface area contributed by atoms with Crippen molar-refractivity contribution in [2.45, 2.75) is 19.4 Å². The number of likely N-dealkylation sites (tertiary alicyclic amines) is 1. The summed E-state index contributed by atoms with van der Waals surface area (Å²) in [7, 11) is 0. The van der Waals surface area contributed by atoms with Crippen LogP contribution < -0.4 is 10.5 Å². The first-order valence-corrected chi connectivity index (χ1v) is 7.42. The van der Waals surface area contributed by atoms with Gasteiger partial charge in [0.15, 0.2) is 0 Å². The van der Waals surface area contributed by atoms with Gasteiger partial charge in [0.1, 0.15) is 0 Å². The van der Waals surface area contributed by atoms with E-state index in [1.165, 1.54) is 4.68 Å². The standard InChI is InChI=1S/C14H20N4O3/c19-13-2-1-3-17(13)4-5-18-14(20)10-12(11-15-18)16-6-8-21-9-7-16/h10-11H,1-9H2. The highest BCUT2D eigenvalue weighted by molar-refractivity contribution is 5.77. The summed E-state index contributed by atoms with van der Waals surface area (Å²) < 4.78 is 6.72. The number of amides is 1. The van der Waals surface area contributed by atoms with Crippen molar-refractivity contribution in [2.75, 3.05) is 44.3 Å². The molecule has 0 atom stereocenters. The summed E-state index contributed by atoms with van der Waals surface area (Å²) in [6.07, 6.45) is 3.26. The molecule has 2 aliphatic heterocycles. The lowest BCUT2D eigenvalue weighted by molar-refractivity contribution is -0.127. The van der Waals surface area contributed by atoms with Crippen LogP contribution in [0, 0.1) is 0 Å². The zero-order chi connectivity index (χ0) is 14.7. The minimum Gasteiger partial charge on any atom is -0.378 e. The maximum absolute atomic E-state index is 12.1. The fraction of sp³-hybridized carbons (Fsp3) is 0.643. The van der Waals surface area contributed by atoms with Crippen LogP contribution in [0.15, 0.2) is 17.1 Å². The molecule has 114 valence electrons. The first kappa shape index (κ1) is 14.1. The molecular formula is C14H20N4O3. The van der Waals surface area contributed by atoms with E-state index in [1.54, 1.807) is 17.2 Å². The van der Waals surface area contributed by atoms with Gasteiger partial charge in [-0.05, 0) is 6.42 Å². The summed E-state index contributed by atoms with van der Waals surface area (Å²) in [5, 5.41) is 4.22. The van der Waals surface area contributed by atoms with E-state index in [-0.39, 0.29) is 11.5 Å². The Hall–Kier alpha value is -1.89. The Morgan fingerprint density at radius 1 is 1.14 bits per heavy atom. The summed E-state index contributed by atoms with van der Waals surface area (Å²) >= 11 is 0. The molecule has 7 nitrogen and oxygen atoms in total. The molecule has 0 spiro atoms. The number of nitrogens with zero attached hydrogens (tertiary/aromatic N) is 4. The quantitative estimate of drug-likeness (QED) is 0.762. The number of rotatable bonds is 4. The largest absolute Gasteiger partial charge is 0.378 e. The molecule has 0 aromatic carbocycles. The van der Waals surface area contributed by atoms with Crippen LogP contribution in [-0.4, -0.2) is 60.0 Å². The van der Waals surface area contributed by atoms with Gasteiger partial charge in [0, 0.05) is 38.7 Å². The highest BCUT2D eigenvalue weighted by atomic mass is 16.5. The van der Waals surface area contributed by atoms with Gasteiger partial charge in [-0.3, -0.25) is 9.59 Å². The van der Waals surface area contributed by atoms with Gasteiger partial charge < -0.3 is 14.5 Å². The smallest absolute Gasteiger partial charge is 0.268 e. The fourth-order valence-electron chi connectivity index (χ4n) is 2.74. The second kappa shape index (κ2) is 6.26. The van der Waals surface area contributed by atoms with Crippen molar-refractivity contribution in [3.63, 3.8) is 0 Å². The van der Waals surface area contributed by atoms with E-state index in [9.17, 15) is 9.59 Å². The minimum atomic E-state index is -0.120. The van der Waals surface area contributed by atoms with Gasteiger partial charge in [0.2, 0.25) is 5.91 Å². The number of carbonyl (C=O) groups is 1. The molecule has 21 heavy (non-hydrogen) atoms. The normalized spacial score (nSPS) is 19.3. The molecule has 1 amide bonds. The predicted octanol–water partition coefficient (Wildman–Crippen LogP) is -0.298. The number of hydrogen-bond acceptors (Lipinski definition) is 5. The Morgan fingerprint density at radius 3 is 2.62 bits per heavy atom. The van der Waals surface area contributed by atoms with Crippen molar-refractivity contribution in [2.24, 2.45) is 0 Å². The van der Waals surface area contributed by atoms with E-state index in [2.05, 4.69) is 10.00 Å². The van der Waals surface area contributed by atoms with Crippen molar-refractivity contribution in [3.8, 4) is 0 Å². The van der Waals surface area contributed by atoms with Gasteiger partial charge in [-0.2, -0.15) is 5.10 Å². The molecule has 0 radical (unpaired) electrons. The Labute approximate surface area is 123 Å². The van der Waals surface area contributed by atoms with Crippen LogP contribution in [0.4, 0.5) is 5.69 Å². The first-order valence-electron chi connectivity index (χ1n) is 7.42. The van der Waals surface area contributed by atoms with Gasteiger partial charge in [0.25, 0.3) is 5.56 Å². The van der Waals surface area contributed by atoms with Crippen LogP contribution >= 0.6 is 0 Å². The molecule has 0 aliphatic carbocycles. The highest BCUT2D eigenvalue weighted by Crippen LogP contribution is 2.12. The predicted molar refractivity (Wildman–Crippen MR) is 77.3 cm³/mol. The molecule has 0 bridgehead atoms. The van der Waals surface area contributed by atoms with Gasteiger partial charge in [-0.1, -0.05) is 0 Å². The van der Waals surface area contributed by atoms with E-state index < -0.39 is 0 Å². The van der Waals surface area contributed by atoms with Crippen LogP contribution in [0.1, 0.15) is 12.8 Å². The third kappa shape index (κ3) is 3.24. The van der Waals surface area contributed by atoms with Crippen LogP contribution in [0.2, 0.25) is 0 Å². The molecule has 0 saturated carbocycles. The van der Waals surface area contributed by atoms with Crippen molar-refractivity contribution >= 4 is 11.6 Å². The van der Waals surface area contributed by atoms with Crippen LogP contribution in [0.5, 0.6) is 0 Å². The summed E-state index contributed by atoms with van der Waals surface area (Å²) in [5.74, 6) is 0.174. The lowest BCUT2D eigenvalue weighted by Crippen LogP contribution is -2.38. The Morgan fingerprint density at radius 2 is 1.95 bits per heavy atom. The third-order valence-corrected chi connectivity index (χ3v) is 3.98. The third-order valence-electron chi connectivity index (χ3n) is 3.98. The van der Waals surface area contributed by atoms with E-state index in [4.69, 9.17) is 4.74 Å². The van der Waals surface area contributed by atoms with Crippen molar-refractivity contribution in [3.05, 3.63) is 22.6 Å². The lowest BCUT2D eigenvalue weighted by atomic mass is 10.3. The van der Waals surface area contributed by atoms with Crippen LogP contribution in [0.3, 0.4) is 0 Å². The SMILES string of the molecule is O=C1CCCN1CCn1ncc(N2CCOCC2)cc1=O. The van der Waals surface area contributed by atoms with Gasteiger partial charge in [-0.15, -0.1) is 0 Å². The van der Waals surface area contributed by atoms with Crippen molar-refractivity contribution in [1.82, 2.24) is 14.7 Å². The minimum absolute atomic E-state index is 0.120. The number of ether oxygens (including phenoxy) is 1. The molecule has 0 N–H and O–H groups in total. The maximum atomic E-state index is 12.1. The fourth-order valence-corrected chi connectivity index (χ4v) is 2.74. The molecule has 0 unspecified atom stereocenters. The molecule has 3 rings (SSSR count). The van der Waals surface area contributed by atoms with Crippen LogP contribution in [0.25, 0.3) is 0 Å². The molecule has 1 aromatic heterocycles. The first-order chi connectivity index (χ1) is 10.2. The summed E-state index contributed by atoms with van der Waals surface area (Å²) in [6, 6.07) is 1.62. The number of aromatic nitrogens is 2. The van der Waals surface area contributed by atoms with E-state index in [0.29, 0.717) is 32.7 Å². The van der Waals surface area contributed by atoms with Crippen molar-refractivity contribution < 1.29 is 9.53 Å². The summed E-state index contributed by atoms with van der Waals surface area (Å²) in [4.78, 5) is 27.5. The molecule has 3 heterocycles. The van der Waals surface area contributed by atoms with Gasteiger partial charge in [-0.25, -0.2) is 4.68 Å².